The van der Waals surface area contributed by atoms with Gasteiger partial charge in [-0.05, 0) is 12.1 Å². The molecule has 3 amide bonds. The number of alkyl halides is 12. The van der Waals surface area contributed by atoms with E-state index >= 15 is 0 Å². The van der Waals surface area contributed by atoms with Crippen molar-refractivity contribution >= 4 is 28.9 Å². The van der Waals surface area contributed by atoms with Gasteiger partial charge in [-0.15, -0.1) is 0 Å². The molecule has 1 heterocycles. The number of amides is 3. The molecule has 1 aromatic carbocycles. The van der Waals surface area contributed by atoms with Crippen LogP contribution in [-0.4, -0.2) is 41.2 Å². The first kappa shape index (κ1) is 28.2. The highest BCUT2D eigenvalue weighted by atomic mass is 32.2. The molecule has 0 spiro atoms. The van der Waals surface area contributed by atoms with E-state index < -0.39 is 81.0 Å². The Labute approximate surface area is 188 Å². The molecule has 2 N–H and O–H groups in total. The van der Waals surface area contributed by atoms with Crippen LogP contribution in [0.15, 0.2) is 40.0 Å². The molecule has 0 aliphatic carbocycles. The summed E-state index contributed by atoms with van der Waals surface area (Å²) < 4.78 is 170. The Morgan fingerprint density at radius 3 is 1.83 bits per heavy atom. The largest absolute Gasteiger partial charge is 0.443 e. The van der Waals surface area contributed by atoms with Gasteiger partial charge >= 0.3 is 30.7 Å². The first-order valence-electron chi connectivity index (χ1n) is 8.30. The van der Waals surface area contributed by atoms with Gasteiger partial charge in [-0.25, -0.2) is 14.2 Å². The number of amidine groups is 1. The lowest BCUT2D eigenvalue weighted by atomic mass is 9.97. The first-order valence-corrected chi connectivity index (χ1v) is 9.11. The molecule has 1 aliphatic heterocycles. The molecule has 5 nitrogen and oxygen atoms in total. The van der Waals surface area contributed by atoms with E-state index in [1.165, 1.54) is 0 Å². The number of urea groups is 1. The molecule has 194 valence electrons. The van der Waals surface area contributed by atoms with Crippen molar-refractivity contribution in [1.29, 1.82) is 0 Å². The van der Waals surface area contributed by atoms with Crippen LogP contribution in [0.5, 0.6) is 0 Å². The molecule has 19 heteroatoms. The molecule has 1 aromatic rings. The number of halogens is 13. The Bertz CT molecular complexity index is 1070. The fraction of sp³-hybridized carbons (Fsp3) is 0.312. The number of hydrogen-bond donors (Lipinski definition) is 2. The number of imide groups is 1. The van der Waals surface area contributed by atoms with Gasteiger partial charge in [0.15, 0.2) is 5.17 Å². The number of allylic oxidation sites excluding steroid dienone is 1. The van der Waals surface area contributed by atoms with Crippen molar-refractivity contribution in [3.05, 3.63) is 46.1 Å². The Morgan fingerprint density at radius 2 is 1.37 bits per heavy atom. The molecule has 0 saturated heterocycles. The monoisotopic (exact) mass is 551 g/mol. The van der Waals surface area contributed by atoms with Gasteiger partial charge in [0.05, 0.1) is 16.0 Å². The summed E-state index contributed by atoms with van der Waals surface area (Å²) in [5.41, 5.74) is -8.55. The van der Waals surface area contributed by atoms with Crippen molar-refractivity contribution < 1.29 is 66.7 Å². The van der Waals surface area contributed by atoms with E-state index in [4.69, 9.17) is 0 Å². The smallest absolute Gasteiger partial charge is 0.286 e. The van der Waals surface area contributed by atoms with E-state index in [9.17, 15) is 66.7 Å². The summed E-state index contributed by atoms with van der Waals surface area (Å²) in [5, 5.41) is 0.317. The minimum Gasteiger partial charge on any atom is -0.286 e. The van der Waals surface area contributed by atoms with Gasteiger partial charge in [0.1, 0.15) is 0 Å². The Hall–Kier alpha value is -2.99. The summed E-state index contributed by atoms with van der Waals surface area (Å²) in [4.78, 5) is 22.8. The number of nitrogens with one attached hydrogen (secondary N) is 2. The number of nitrogens with zero attached hydrogens (tertiary/aromatic N) is 1. The van der Waals surface area contributed by atoms with Crippen molar-refractivity contribution in [2.24, 2.45) is 4.99 Å². The summed E-state index contributed by atoms with van der Waals surface area (Å²) in [6, 6.07) is 0.648. The molecular formula is C16H6F13N3O2S. The molecule has 0 aromatic heterocycles. The van der Waals surface area contributed by atoms with Crippen LogP contribution in [0.1, 0.15) is 15.9 Å². The fourth-order valence-electron chi connectivity index (χ4n) is 2.55. The quantitative estimate of drug-likeness (QED) is 0.430. The van der Waals surface area contributed by atoms with Crippen molar-refractivity contribution in [2.75, 3.05) is 0 Å². The summed E-state index contributed by atoms with van der Waals surface area (Å²) in [7, 11) is 0. The van der Waals surface area contributed by atoms with Crippen LogP contribution >= 0.6 is 11.8 Å². The molecular weight excluding hydrogens is 545 g/mol. The topological polar surface area (TPSA) is 70.6 Å². The molecule has 0 radical (unpaired) electrons. The van der Waals surface area contributed by atoms with Crippen molar-refractivity contribution in [3.63, 3.8) is 0 Å². The van der Waals surface area contributed by atoms with E-state index in [1.807, 2.05) is 4.99 Å². The van der Waals surface area contributed by atoms with Gasteiger partial charge < -0.3 is 0 Å². The molecule has 0 unspecified atom stereocenters. The third-order valence-corrected chi connectivity index (χ3v) is 5.06. The normalized spacial score (nSPS) is 18.1. The molecule has 1 aliphatic rings. The van der Waals surface area contributed by atoms with E-state index in [0.717, 1.165) is 22.8 Å². The second-order valence-electron chi connectivity index (χ2n) is 6.32. The van der Waals surface area contributed by atoms with Crippen LogP contribution in [0.25, 0.3) is 0 Å². The number of rotatable bonds is 1. The molecule has 0 saturated carbocycles. The van der Waals surface area contributed by atoms with Crippen LogP contribution in [-0.2, 0) is 6.18 Å². The highest BCUT2D eigenvalue weighted by molar-refractivity contribution is 8.17. The average Bonchev–Trinajstić information content (AvgIpc) is 3.06. The Kier molecular flexibility index (Phi) is 7.19. The van der Waals surface area contributed by atoms with Crippen molar-refractivity contribution in [2.45, 2.75) is 30.2 Å². The lowest BCUT2D eigenvalue weighted by molar-refractivity contribution is -0.280. The first-order chi connectivity index (χ1) is 15.6. The zero-order valence-electron chi connectivity index (χ0n) is 15.9. The zero-order chi connectivity index (χ0) is 27.2. The number of benzene rings is 1. The lowest BCUT2D eigenvalue weighted by Gasteiger charge is -2.31. The van der Waals surface area contributed by atoms with Crippen LogP contribution in [0, 0.1) is 0 Å². The SMILES string of the molecule is O=C(NC(=O)c1ccccc1C(F)(F)F)NC1=NC(C(F)(F)F)(C(F)(F)F)/C(=C(\F)C(F)(F)F)S1. The predicted octanol–water partition coefficient (Wildman–Crippen LogP) is 5.85. The number of carbonyl (C=O) groups is 2. The van der Waals surface area contributed by atoms with E-state index in [-0.39, 0.29) is 0 Å². The molecule has 35 heavy (non-hydrogen) atoms. The van der Waals surface area contributed by atoms with Crippen LogP contribution < -0.4 is 10.6 Å². The number of hydrogen-bond acceptors (Lipinski definition) is 4. The van der Waals surface area contributed by atoms with Crippen LogP contribution in [0.2, 0.25) is 0 Å². The van der Waals surface area contributed by atoms with E-state index in [1.54, 1.807) is 0 Å². The molecule has 0 atom stereocenters. The number of aliphatic imine (C=N–C) groups is 1. The minimum atomic E-state index is -6.70. The standard InChI is InChI=1S/C16H6F13N3O2S/c17-7(14(21,22)23)8-12(15(24,25)26,16(27,28)29)32-11(35-8)31-10(34)30-9(33)5-3-1-2-4-6(5)13(18,19)20/h1-4H,(H2,30,31,32,33,34)/b8-7+. The summed E-state index contributed by atoms with van der Waals surface area (Å²) in [6.07, 6.45) is -24.8. The minimum absolute atomic E-state index is 0.404. The molecule has 0 bridgehead atoms. The molecule has 2 rings (SSSR count). The van der Waals surface area contributed by atoms with Crippen molar-refractivity contribution in [3.8, 4) is 0 Å². The van der Waals surface area contributed by atoms with Gasteiger partial charge in [-0.3, -0.25) is 15.4 Å². The Balaban J connectivity index is 2.44. The van der Waals surface area contributed by atoms with Gasteiger partial charge in [0.25, 0.3) is 11.4 Å². The summed E-state index contributed by atoms with van der Waals surface area (Å²) in [6.45, 7) is 0. The van der Waals surface area contributed by atoms with Crippen molar-refractivity contribution in [1.82, 2.24) is 10.6 Å². The van der Waals surface area contributed by atoms with Crippen LogP contribution in [0.3, 0.4) is 0 Å². The third-order valence-electron chi connectivity index (χ3n) is 3.99. The average molecular weight is 551 g/mol. The maximum Gasteiger partial charge on any atom is 0.443 e. The van der Waals surface area contributed by atoms with E-state index in [0.29, 0.717) is 12.1 Å². The molecule has 0 fully saturated rings. The van der Waals surface area contributed by atoms with Gasteiger partial charge in [0, 0.05) is 0 Å². The maximum atomic E-state index is 13.6. The second kappa shape index (κ2) is 8.90. The zero-order valence-corrected chi connectivity index (χ0v) is 16.7. The van der Waals surface area contributed by atoms with Crippen LogP contribution in [0.4, 0.5) is 61.9 Å². The summed E-state index contributed by atoms with van der Waals surface area (Å²) in [5.74, 6) is -5.65. The highest BCUT2D eigenvalue weighted by Gasteiger charge is 2.77. The number of carbonyl (C=O) groups excluding carboxylic acids is 2. The van der Waals surface area contributed by atoms with E-state index in [2.05, 4.69) is 0 Å². The van der Waals surface area contributed by atoms with Gasteiger partial charge in [-0.1, -0.05) is 23.9 Å². The summed E-state index contributed by atoms with van der Waals surface area (Å²) >= 11 is -1.20. The van der Waals surface area contributed by atoms with Gasteiger partial charge in [-0.2, -0.15) is 52.7 Å². The Morgan fingerprint density at radius 1 is 0.857 bits per heavy atom. The predicted molar refractivity (Wildman–Crippen MR) is 91.5 cm³/mol. The second-order valence-corrected chi connectivity index (χ2v) is 7.32. The van der Waals surface area contributed by atoms with Gasteiger partial charge in [0.2, 0.25) is 5.83 Å². The maximum absolute atomic E-state index is 13.6. The highest BCUT2D eigenvalue weighted by Crippen LogP contribution is 2.59. The fourth-order valence-corrected chi connectivity index (χ4v) is 3.70. The third kappa shape index (κ3) is 5.48. The lowest BCUT2D eigenvalue weighted by Crippen LogP contribution is -2.55. The number of thioether (sulfide) groups is 1.